The summed E-state index contributed by atoms with van der Waals surface area (Å²) in [4.78, 5) is 4.39. The Balaban J connectivity index is 2.29. The maximum atomic E-state index is 6.19. The molecule has 0 atom stereocenters. The van der Waals surface area contributed by atoms with Crippen LogP contribution < -0.4 is 4.74 Å². The van der Waals surface area contributed by atoms with E-state index in [1.54, 1.807) is 6.20 Å². The zero-order chi connectivity index (χ0) is 14.6. The number of nitrogens with zero attached hydrogens (tertiary/aromatic N) is 1. The monoisotopic (exact) mass is 309 g/mol. The molecule has 0 fully saturated rings. The van der Waals surface area contributed by atoms with Crippen LogP contribution in [0.4, 0.5) is 0 Å². The highest BCUT2D eigenvalue weighted by atomic mass is 35.5. The highest BCUT2D eigenvalue weighted by Gasteiger charge is 2.25. The van der Waals surface area contributed by atoms with Crippen molar-refractivity contribution in [1.82, 2.24) is 4.98 Å². The van der Waals surface area contributed by atoms with E-state index in [0.717, 1.165) is 35.2 Å². The number of ether oxygens (including phenoxy) is 1. The first-order valence-corrected chi connectivity index (χ1v) is 7.93. The molecule has 0 saturated carbocycles. The Kier molecular flexibility index (Phi) is 5.17. The van der Waals surface area contributed by atoms with Crippen LogP contribution in [0.1, 0.15) is 26.7 Å². The van der Waals surface area contributed by atoms with Gasteiger partial charge in [-0.3, -0.25) is 4.98 Å². The lowest BCUT2D eigenvalue weighted by Crippen LogP contribution is -2.29. The second-order valence-corrected chi connectivity index (χ2v) is 5.82. The van der Waals surface area contributed by atoms with Gasteiger partial charge < -0.3 is 4.74 Å². The minimum absolute atomic E-state index is 0.115. The van der Waals surface area contributed by atoms with Crippen LogP contribution in [0, 0.1) is 5.41 Å². The number of thiol groups is 1. The largest absolute Gasteiger partial charge is 0.491 e. The Morgan fingerprint density at radius 1 is 1.25 bits per heavy atom. The Morgan fingerprint density at radius 3 is 2.65 bits per heavy atom. The van der Waals surface area contributed by atoms with Crippen molar-refractivity contribution in [2.75, 3.05) is 12.4 Å². The van der Waals surface area contributed by atoms with E-state index in [-0.39, 0.29) is 5.41 Å². The molecule has 0 spiro atoms. The summed E-state index contributed by atoms with van der Waals surface area (Å²) in [5, 5.41) is 1.63. The van der Waals surface area contributed by atoms with Crippen molar-refractivity contribution in [2.45, 2.75) is 26.7 Å². The molecule has 0 bridgehead atoms. The SMILES string of the molecule is CCC(CC)(CS)COc1ccc(Cl)c2cccnc12. The predicted octanol–water partition coefficient (Wildman–Crippen LogP) is 5.00. The smallest absolute Gasteiger partial charge is 0.145 e. The van der Waals surface area contributed by atoms with Crippen LogP contribution in [0.25, 0.3) is 10.9 Å². The molecule has 0 aliphatic rings. The lowest BCUT2D eigenvalue weighted by atomic mass is 9.85. The van der Waals surface area contributed by atoms with Crippen LogP contribution >= 0.6 is 24.2 Å². The normalized spacial score (nSPS) is 11.8. The predicted molar refractivity (Wildman–Crippen MR) is 89.1 cm³/mol. The standard InChI is InChI=1S/C16H20ClNOS/c1-3-16(4-2,11-20)10-19-14-8-7-13(17)12-6-5-9-18-15(12)14/h5-9,20H,3-4,10-11H2,1-2H3. The summed E-state index contributed by atoms with van der Waals surface area (Å²) in [6.45, 7) is 5.01. The van der Waals surface area contributed by atoms with E-state index >= 15 is 0 Å². The van der Waals surface area contributed by atoms with Crippen molar-refractivity contribution in [3.63, 3.8) is 0 Å². The summed E-state index contributed by atoms with van der Waals surface area (Å²) in [6, 6.07) is 7.60. The molecular weight excluding hydrogens is 290 g/mol. The third-order valence-electron chi connectivity index (χ3n) is 4.05. The van der Waals surface area contributed by atoms with E-state index in [9.17, 15) is 0 Å². The molecule has 4 heteroatoms. The molecule has 0 aliphatic carbocycles. The van der Waals surface area contributed by atoms with Gasteiger partial charge in [-0.25, -0.2) is 0 Å². The molecule has 20 heavy (non-hydrogen) atoms. The summed E-state index contributed by atoms with van der Waals surface area (Å²) < 4.78 is 6.04. The molecule has 2 rings (SSSR count). The molecule has 0 saturated heterocycles. The van der Waals surface area contributed by atoms with Gasteiger partial charge in [-0.2, -0.15) is 12.6 Å². The molecule has 2 aromatic rings. The number of hydrogen-bond donors (Lipinski definition) is 1. The Labute approximate surface area is 130 Å². The molecule has 108 valence electrons. The van der Waals surface area contributed by atoms with Gasteiger partial charge >= 0.3 is 0 Å². The zero-order valence-corrected chi connectivity index (χ0v) is 13.5. The van der Waals surface area contributed by atoms with Gasteiger partial charge in [0.25, 0.3) is 0 Å². The van der Waals surface area contributed by atoms with Crippen molar-refractivity contribution in [3.05, 3.63) is 35.5 Å². The summed E-state index contributed by atoms with van der Waals surface area (Å²) in [7, 11) is 0. The van der Waals surface area contributed by atoms with E-state index < -0.39 is 0 Å². The first-order valence-electron chi connectivity index (χ1n) is 6.92. The maximum Gasteiger partial charge on any atom is 0.145 e. The van der Waals surface area contributed by atoms with Crippen molar-refractivity contribution in [2.24, 2.45) is 5.41 Å². The Bertz CT molecular complexity index is 575. The molecule has 0 unspecified atom stereocenters. The molecular formula is C16H20ClNOS. The average Bonchev–Trinajstić information content (AvgIpc) is 2.51. The highest BCUT2D eigenvalue weighted by molar-refractivity contribution is 7.80. The van der Waals surface area contributed by atoms with Crippen LogP contribution in [0.5, 0.6) is 5.75 Å². The van der Waals surface area contributed by atoms with Crippen LogP contribution in [-0.4, -0.2) is 17.3 Å². The van der Waals surface area contributed by atoms with Crippen molar-refractivity contribution >= 4 is 35.1 Å². The molecule has 0 N–H and O–H groups in total. The van der Waals surface area contributed by atoms with Gasteiger partial charge in [0.15, 0.2) is 0 Å². The summed E-state index contributed by atoms with van der Waals surface area (Å²) in [6.07, 6.45) is 3.86. The van der Waals surface area contributed by atoms with Gasteiger partial charge in [0, 0.05) is 17.0 Å². The number of halogens is 1. The number of benzene rings is 1. The third-order valence-corrected chi connectivity index (χ3v) is 5.05. The molecule has 0 amide bonds. The lowest BCUT2D eigenvalue weighted by molar-refractivity contribution is 0.158. The van der Waals surface area contributed by atoms with E-state index in [1.807, 2.05) is 24.3 Å². The molecule has 0 aliphatic heterocycles. The summed E-state index contributed by atoms with van der Waals surface area (Å²) in [5.41, 5.74) is 0.935. The molecule has 0 radical (unpaired) electrons. The van der Waals surface area contributed by atoms with Gasteiger partial charge in [0.05, 0.1) is 11.6 Å². The lowest BCUT2D eigenvalue weighted by Gasteiger charge is -2.29. The minimum atomic E-state index is 0.115. The fourth-order valence-corrected chi connectivity index (χ4v) is 2.94. The topological polar surface area (TPSA) is 22.1 Å². The molecule has 1 aromatic heterocycles. The van der Waals surface area contributed by atoms with Crippen LogP contribution in [0.15, 0.2) is 30.5 Å². The maximum absolute atomic E-state index is 6.19. The minimum Gasteiger partial charge on any atom is -0.491 e. The van der Waals surface area contributed by atoms with Crippen molar-refractivity contribution < 1.29 is 4.74 Å². The number of aromatic nitrogens is 1. The first kappa shape index (κ1) is 15.5. The van der Waals surface area contributed by atoms with Gasteiger partial charge in [-0.1, -0.05) is 25.4 Å². The second-order valence-electron chi connectivity index (χ2n) is 5.10. The van der Waals surface area contributed by atoms with Crippen molar-refractivity contribution in [3.8, 4) is 5.75 Å². The quantitative estimate of drug-likeness (QED) is 0.758. The number of rotatable bonds is 6. The summed E-state index contributed by atoms with van der Waals surface area (Å²) in [5.74, 6) is 1.61. The van der Waals surface area contributed by atoms with Gasteiger partial charge in [0.2, 0.25) is 0 Å². The molecule has 2 nitrogen and oxygen atoms in total. The van der Waals surface area contributed by atoms with E-state index in [1.165, 1.54) is 0 Å². The molecule has 1 heterocycles. The first-order chi connectivity index (χ1) is 9.65. The highest BCUT2D eigenvalue weighted by Crippen LogP contribution is 2.33. The summed E-state index contributed by atoms with van der Waals surface area (Å²) >= 11 is 10.7. The van der Waals surface area contributed by atoms with Crippen LogP contribution in [-0.2, 0) is 0 Å². The third kappa shape index (κ3) is 3.04. The molecule has 1 aromatic carbocycles. The van der Waals surface area contributed by atoms with Gasteiger partial charge in [-0.05, 0) is 42.9 Å². The Morgan fingerprint density at radius 2 is 2.00 bits per heavy atom. The average molecular weight is 310 g/mol. The fourth-order valence-electron chi connectivity index (χ4n) is 2.18. The van der Waals surface area contributed by atoms with Crippen LogP contribution in [0.2, 0.25) is 5.02 Å². The second kappa shape index (κ2) is 6.68. The van der Waals surface area contributed by atoms with Crippen molar-refractivity contribution in [1.29, 1.82) is 0 Å². The van der Waals surface area contributed by atoms with E-state index in [0.29, 0.717) is 11.6 Å². The fraction of sp³-hybridized carbons (Fsp3) is 0.438. The van der Waals surface area contributed by atoms with Crippen LogP contribution in [0.3, 0.4) is 0 Å². The number of hydrogen-bond acceptors (Lipinski definition) is 3. The Hall–Kier alpha value is -0.930. The van der Waals surface area contributed by atoms with E-state index in [4.69, 9.17) is 16.3 Å². The van der Waals surface area contributed by atoms with Gasteiger partial charge in [-0.15, -0.1) is 0 Å². The number of pyridine rings is 1. The van der Waals surface area contributed by atoms with Gasteiger partial charge in [0.1, 0.15) is 11.3 Å². The van der Waals surface area contributed by atoms with E-state index in [2.05, 4.69) is 31.5 Å². The zero-order valence-electron chi connectivity index (χ0n) is 11.9. The number of fused-ring (bicyclic) bond motifs is 1.